The summed E-state index contributed by atoms with van der Waals surface area (Å²) in [6, 6.07) is 3.53. The zero-order valence-electron chi connectivity index (χ0n) is 24.9. The van der Waals surface area contributed by atoms with Crippen molar-refractivity contribution in [2.45, 2.75) is 110 Å². The summed E-state index contributed by atoms with van der Waals surface area (Å²) in [4.78, 5) is 30.6. The fourth-order valence-electron chi connectivity index (χ4n) is 3.92. The summed E-state index contributed by atoms with van der Waals surface area (Å²) in [5, 5.41) is 0. The molecule has 0 unspecified atom stereocenters. The van der Waals surface area contributed by atoms with Gasteiger partial charge in [-0.15, -0.1) is 0 Å². The van der Waals surface area contributed by atoms with Gasteiger partial charge in [-0.25, -0.2) is 19.0 Å². The molecule has 222 valence electrons. The van der Waals surface area contributed by atoms with Gasteiger partial charge in [0.05, 0.1) is 11.2 Å². The Morgan fingerprint density at radius 3 is 1.85 bits per heavy atom. The fraction of sp³-hybridized carbons (Fsp3) is 0.667. The summed E-state index contributed by atoms with van der Waals surface area (Å²) < 4.78 is 73.6. The van der Waals surface area contributed by atoms with Gasteiger partial charge >= 0.3 is 25.4 Å². The molecule has 1 aromatic carbocycles. The normalized spacial score (nSPS) is 23.9. The van der Waals surface area contributed by atoms with Crippen molar-refractivity contribution in [1.29, 1.82) is 0 Å². The average molecular weight is 570 g/mol. The van der Waals surface area contributed by atoms with Crippen LogP contribution in [0.5, 0.6) is 0 Å². The van der Waals surface area contributed by atoms with Gasteiger partial charge in [0.25, 0.3) is 0 Å². The summed E-state index contributed by atoms with van der Waals surface area (Å²) in [7, 11) is -0.977. The molecule has 1 saturated heterocycles. The number of amides is 2. The number of aliphatic imine (C=N–C) groups is 1. The molecule has 0 aromatic heterocycles. The van der Waals surface area contributed by atoms with Crippen LogP contribution in [0.25, 0.3) is 0 Å². The summed E-state index contributed by atoms with van der Waals surface area (Å²) in [6.45, 7) is 16.6. The first-order valence-electron chi connectivity index (χ1n) is 12.9. The van der Waals surface area contributed by atoms with Crippen LogP contribution in [0.15, 0.2) is 23.2 Å². The Balaban J connectivity index is 2.14. The fourth-order valence-corrected chi connectivity index (χ4v) is 3.92. The van der Waals surface area contributed by atoms with Gasteiger partial charge < -0.3 is 23.5 Å². The van der Waals surface area contributed by atoms with E-state index in [-0.39, 0.29) is 5.46 Å². The first-order chi connectivity index (χ1) is 17.9. The highest BCUT2D eigenvalue weighted by molar-refractivity contribution is 6.62. The van der Waals surface area contributed by atoms with Crippen LogP contribution in [0, 0.1) is 5.82 Å². The first-order valence-corrected chi connectivity index (χ1v) is 12.9. The van der Waals surface area contributed by atoms with Crippen LogP contribution in [-0.4, -0.2) is 65.2 Å². The molecule has 0 bridgehead atoms. The maximum Gasteiger partial charge on any atom is 0.494 e. The molecule has 0 aliphatic carbocycles. The zero-order chi connectivity index (χ0) is 30.7. The number of carbonyl (C=O) groups is 2. The standard InChI is InChI=1S/C27H38BF3N2O7/c1-22(2,3)37-20(34)33(21(35)38-23(4,5)6)19-15-36-27(30,31)26(11,32-19)17-14-16(12-13-18(17)29)28-39-24(7,8)25(9,10)40-28/h12-14H,15H2,1-11H3/t26-/m1/s1. The van der Waals surface area contributed by atoms with E-state index in [0.29, 0.717) is 4.90 Å². The molecule has 1 fully saturated rings. The third kappa shape index (κ3) is 6.31. The van der Waals surface area contributed by atoms with E-state index >= 15 is 13.2 Å². The molecule has 9 nitrogen and oxygen atoms in total. The van der Waals surface area contributed by atoms with Gasteiger partial charge in [-0.1, -0.05) is 12.1 Å². The van der Waals surface area contributed by atoms with Crippen molar-refractivity contribution in [3.05, 3.63) is 29.6 Å². The van der Waals surface area contributed by atoms with E-state index in [9.17, 15) is 9.59 Å². The largest absolute Gasteiger partial charge is 0.494 e. The average Bonchev–Trinajstić information content (AvgIpc) is 2.95. The maximum atomic E-state index is 15.4. The van der Waals surface area contributed by atoms with Crippen molar-refractivity contribution < 1.29 is 46.3 Å². The molecule has 0 spiro atoms. The maximum absolute atomic E-state index is 15.4. The third-order valence-electron chi connectivity index (χ3n) is 6.75. The molecule has 2 aliphatic heterocycles. The number of hydrogen-bond acceptors (Lipinski definition) is 8. The Bertz CT molecular complexity index is 1160. The molecular formula is C27H38BF3N2O7. The van der Waals surface area contributed by atoms with E-state index in [1.54, 1.807) is 41.5 Å². The van der Waals surface area contributed by atoms with Gasteiger partial charge in [0.1, 0.15) is 29.5 Å². The number of alkyl halides is 2. The number of rotatable bonds is 2. The van der Waals surface area contributed by atoms with Crippen molar-refractivity contribution in [3.8, 4) is 0 Å². The van der Waals surface area contributed by atoms with Crippen LogP contribution in [0.4, 0.5) is 22.8 Å². The first kappa shape index (κ1) is 31.9. The van der Waals surface area contributed by atoms with Crippen LogP contribution in [0.3, 0.4) is 0 Å². The lowest BCUT2D eigenvalue weighted by Crippen LogP contribution is -2.56. The Labute approximate surface area is 233 Å². The molecule has 2 heterocycles. The minimum Gasteiger partial charge on any atom is -0.443 e. The number of amidine groups is 1. The van der Waals surface area contributed by atoms with Crippen molar-refractivity contribution in [3.63, 3.8) is 0 Å². The topological polar surface area (TPSA) is 95.9 Å². The molecule has 0 saturated carbocycles. The quantitative estimate of drug-likeness (QED) is 0.432. The lowest BCUT2D eigenvalue weighted by Gasteiger charge is -2.40. The summed E-state index contributed by atoms with van der Waals surface area (Å²) in [5.41, 5.74) is -6.58. The SMILES string of the molecule is CC(C)(C)OC(=O)N(C(=O)OC(C)(C)C)C1=N[C@](C)(c2cc(B3OC(C)(C)C(C)(C)O3)ccc2F)C(F)(F)OC1. The summed E-state index contributed by atoms with van der Waals surface area (Å²) in [5.74, 6) is -1.56. The van der Waals surface area contributed by atoms with Gasteiger partial charge in [-0.2, -0.15) is 13.7 Å². The summed E-state index contributed by atoms with van der Waals surface area (Å²) >= 11 is 0. The molecule has 1 aromatic rings. The highest BCUT2D eigenvalue weighted by atomic mass is 19.3. The van der Waals surface area contributed by atoms with Gasteiger partial charge in [-0.3, -0.25) is 0 Å². The molecule has 40 heavy (non-hydrogen) atoms. The van der Waals surface area contributed by atoms with Crippen molar-refractivity contribution in [2.75, 3.05) is 6.61 Å². The van der Waals surface area contributed by atoms with Crippen LogP contribution in [-0.2, 0) is 29.1 Å². The number of ether oxygens (including phenoxy) is 3. The van der Waals surface area contributed by atoms with Crippen molar-refractivity contribution >= 4 is 30.6 Å². The van der Waals surface area contributed by atoms with Gasteiger partial charge in [0, 0.05) is 5.56 Å². The van der Waals surface area contributed by atoms with Crippen LogP contribution >= 0.6 is 0 Å². The number of nitrogens with zero attached hydrogens (tertiary/aromatic N) is 2. The Morgan fingerprint density at radius 2 is 1.40 bits per heavy atom. The minimum atomic E-state index is -4.04. The summed E-state index contributed by atoms with van der Waals surface area (Å²) in [6.07, 6.45) is -6.48. The predicted molar refractivity (Wildman–Crippen MR) is 142 cm³/mol. The van der Waals surface area contributed by atoms with Crippen molar-refractivity contribution in [1.82, 2.24) is 4.90 Å². The van der Waals surface area contributed by atoms with E-state index in [2.05, 4.69) is 4.99 Å². The lowest BCUT2D eigenvalue weighted by atomic mass is 9.76. The number of hydrogen-bond donors (Lipinski definition) is 0. The Morgan fingerprint density at radius 1 is 0.925 bits per heavy atom. The molecule has 13 heteroatoms. The molecule has 2 aliphatic rings. The van der Waals surface area contributed by atoms with E-state index in [4.69, 9.17) is 23.5 Å². The smallest absolute Gasteiger partial charge is 0.443 e. The highest BCUT2D eigenvalue weighted by Gasteiger charge is 2.59. The van der Waals surface area contributed by atoms with Crippen LogP contribution < -0.4 is 5.46 Å². The van der Waals surface area contributed by atoms with Crippen LogP contribution in [0.1, 0.15) is 81.7 Å². The zero-order valence-corrected chi connectivity index (χ0v) is 24.9. The number of imide groups is 1. The van der Waals surface area contributed by atoms with Gasteiger partial charge in [-0.05, 0) is 87.7 Å². The van der Waals surface area contributed by atoms with E-state index in [1.165, 1.54) is 6.07 Å². The minimum absolute atomic E-state index is 0.269. The Kier molecular flexibility index (Phi) is 7.99. The second-order valence-electron chi connectivity index (χ2n) is 13.0. The molecule has 3 rings (SSSR count). The molecule has 2 amide bonds. The second kappa shape index (κ2) is 10.0. The van der Waals surface area contributed by atoms with Gasteiger partial charge in [0.15, 0.2) is 5.54 Å². The van der Waals surface area contributed by atoms with E-state index in [0.717, 1.165) is 19.1 Å². The van der Waals surface area contributed by atoms with E-state index < -0.39 is 77.2 Å². The molecular weight excluding hydrogens is 532 g/mol. The Hall–Kier alpha value is -2.64. The van der Waals surface area contributed by atoms with Gasteiger partial charge in [0.2, 0.25) is 0 Å². The molecule has 1 atom stereocenters. The monoisotopic (exact) mass is 570 g/mol. The van der Waals surface area contributed by atoms with Crippen LogP contribution in [0.2, 0.25) is 0 Å². The van der Waals surface area contributed by atoms with Crippen molar-refractivity contribution in [2.24, 2.45) is 4.99 Å². The van der Waals surface area contributed by atoms with E-state index in [1.807, 2.05) is 27.7 Å². The lowest BCUT2D eigenvalue weighted by molar-refractivity contribution is -0.278. The molecule has 0 N–H and O–H groups in total. The second-order valence-corrected chi connectivity index (χ2v) is 13.0. The molecule has 0 radical (unpaired) electrons. The number of halogens is 3. The number of benzene rings is 1. The number of carbonyl (C=O) groups excluding carboxylic acids is 2. The predicted octanol–water partition coefficient (Wildman–Crippen LogP) is 5.53. The highest BCUT2D eigenvalue weighted by Crippen LogP contribution is 2.45. The third-order valence-corrected chi connectivity index (χ3v) is 6.75.